The molecule has 70 valence electrons. The van der Waals surface area contributed by atoms with Crippen molar-refractivity contribution >= 4 is 28.6 Å². The normalized spacial score (nSPS) is 10.1. The van der Waals surface area contributed by atoms with Crippen molar-refractivity contribution in [3.63, 3.8) is 0 Å². The monoisotopic (exact) mass is 207 g/mol. The summed E-state index contributed by atoms with van der Waals surface area (Å²) >= 11 is 5.85. The molecular weight excluding hydrogens is 202 g/mol. The number of hydrogen-bond acceptors (Lipinski definition) is 3. The molecule has 0 spiro atoms. The Bertz CT molecular complexity index is 514. The minimum Gasteiger partial charge on any atom is -0.266 e. The van der Waals surface area contributed by atoms with Gasteiger partial charge in [-0.25, -0.2) is 9.79 Å². The number of aliphatic imine (C=N–C) groups is 1. The molecule has 0 fully saturated rings. The first kappa shape index (κ1) is 8.94. The fraction of sp³-hybridized carbons (Fsp3) is 0.111. The van der Waals surface area contributed by atoms with E-state index in [0.29, 0.717) is 5.15 Å². The SMILES string of the molecule is O=C=NCc1cccc2c(Cl)[nH]nc12. The first-order chi connectivity index (χ1) is 6.83. The number of hydrogen-bond donors (Lipinski definition) is 1. The number of fused-ring (bicyclic) bond motifs is 1. The van der Waals surface area contributed by atoms with Gasteiger partial charge in [0.25, 0.3) is 0 Å². The Morgan fingerprint density at radius 2 is 2.43 bits per heavy atom. The van der Waals surface area contributed by atoms with Crippen LogP contribution in [0.2, 0.25) is 5.15 Å². The van der Waals surface area contributed by atoms with Crippen molar-refractivity contribution in [3.05, 3.63) is 28.9 Å². The van der Waals surface area contributed by atoms with Crippen molar-refractivity contribution < 1.29 is 4.79 Å². The summed E-state index contributed by atoms with van der Waals surface area (Å²) in [6.45, 7) is 0.280. The topological polar surface area (TPSA) is 58.1 Å². The second kappa shape index (κ2) is 3.62. The summed E-state index contributed by atoms with van der Waals surface area (Å²) in [7, 11) is 0. The first-order valence-corrected chi connectivity index (χ1v) is 4.36. The number of carbonyl (C=O) groups excluding carboxylic acids is 1. The highest BCUT2D eigenvalue weighted by molar-refractivity contribution is 6.34. The lowest BCUT2D eigenvalue weighted by Gasteiger charge is -1.95. The number of H-pyrrole nitrogens is 1. The molecule has 0 atom stereocenters. The highest BCUT2D eigenvalue weighted by Gasteiger charge is 2.06. The number of halogens is 1. The zero-order valence-electron chi connectivity index (χ0n) is 7.12. The second-order valence-electron chi connectivity index (χ2n) is 2.76. The summed E-state index contributed by atoms with van der Waals surface area (Å²) in [6.07, 6.45) is 1.49. The molecule has 1 aromatic heterocycles. The number of isocyanates is 1. The molecule has 0 saturated heterocycles. The van der Waals surface area contributed by atoms with Crippen LogP contribution in [0.4, 0.5) is 0 Å². The highest BCUT2D eigenvalue weighted by atomic mass is 35.5. The van der Waals surface area contributed by atoms with Gasteiger partial charge in [-0.2, -0.15) is 5.10 Å². The van der Waals surface area contributed by atoms with Crippen molar-refractivity contribution in [2.45, 2.75) is 6.54 Å². The van der Waals surface area contributed by atoms with Crippen LogP contribution in [0.15, 0.2) is 23.2 Å². The van der Waals surface area contributed by atoms with Gasteiger partial charge < -0.3 is 0 Å². The van der Waals surface area contributed by atoms with E-state index in [1.807, 2.05) is 18.2 Å². The van der Waals surface area contributed by atoms with E-state index in [-0.39, 0.29) is 6.54 Å². The Morgan fingerprint density at radius 1 is 1.57 bits per heavy atom. The van der Waals surface area contributed by atoms with E-state index in [1.165, 1.54) is 6.08 Å². The molecule has 0 aliphatic carbocycles. The second-order valence-corrected chi connectivity index (χ2v) is 3.14. The zero-order chi connectivity index (χ0) is 9.97. The molecule has 0 aliphatic heterocycles. The predicted octanol–water partition coefficient (Wildman–Crippen LogP) is 2.05. The third-order valence-corrected chi connectivity index (χ3v) is 2.22. The summed E-state index contributed by atoms with van der Waals surface area (Å²) in [6, 6.07) is 5.55. The average Bonchev–Trinajstić information content (AvgIpc) is 2.58. The summed E-state index contributed by atoms with van der Waals surface area (Å²) < 4.78 is 0. The fourth-order valence-electron chi connectivity index (χ4n) is 1.31. The van der Waals surface area contributed by atoms with Crippen LogP contribution in [0, 0.1) is 0 Å². The molecule has 0 aliphatic rings. The van der Waals surface area contributed by atoms with Gasteiger partial charge in [0.2, 0.25) is 6.08 Å². The molecule has 1 heterocycles. The van der Waals surface area contributed by atoms with Crippen LogP contribution in [0.5, 0.6) is 0 Å². The lowest BCUT2D eigenvalue weighted by atomic mass is 10.1. The number of aromatic amines is 1. The molecular formula is C9H6ClN3O. The van der Waals surface area contributed by atoms with Gasteiger partial charge in [0, 0.05) is 10.9 Å². The van der Waals surface area contributed by atoms with Gasteiger partial charge in [-0.05, 0) is 6.07 Å². The Kier molecular flexibility index (Phi) is 2.31. The quantitative estimate of drug-likeness (QED) is 0.605. The number of benzene rings is 1. The van der Waals surface area contributed by atoms with E-state index >= 15 is 0 Å². The maximum absolute atomic E-state index is 9.97. The van der Waals surface area contributed by atoms with Crippen molar-refractivity contribution in [2.75, 3.05) is 0 Å². The summed E-state index contributed by atoms with van der Waals surface area (Å²) in [5.74, 6) is 0. The Morgan fingerprint density at radius 3 is 3.21 bits per heavy atom. The van der Waals surface area contributed by atoms with Crippen LogP contribution < -0.4 is 0 Å². The highest BCUT2D eigenvalue weighted by Crippen LogP contribution is 2.23. The first-order valence-electron chi connectivity index (χ1n) is 3.98. The van der Waals surface area contributed by atoms with Gasteiger partial charge in [-0.15, -0.1) is 0 Å². The van der Waals surface area contributed by atoms with Crippen LogP contribution in [-0.2, 0) is 11.3 Å². The van der Waals surface area contributed by atoms with E-state index in [4.69, 9.17) is 11.6 Å². The van der Waals surface area contributed by atoms with E-state index in [1.54, 1.807) is 0 Å². The number of aromatic nitrogens is 2. The largest absolute Gasteiger partial charge is 0.266 e. The zero-order valence-corrected chi connectivity index (χ0v) is 7.88. The lowest BCUT2D eigenvalue weighted by molar-refractivity contribution is 0.563. The van der Waals surface area contributed by atoms with Crippen molar-refractivity contribution in [2.24, 2.45) is 4.99 Å². The molecule has 0 bridgehead atoms. The van der Waals surface area contributed by atoms with Crippen molar-refractivity contribution in [1.82, 2.24) is 10.2 Å². The van der Waals surface area contributed by atoms with Crippen LogP contribution in [0.1, 0.15) is 5.56 Å². The average molecular weight is 208 g/mol. The molecule has 1 aromatic carbocycles. The van der Waals surface area contributed by atoms with Gasteiger partial charge in [-0.3, -0.25) is 5.10 Å². The van der Waals surface area contributed by atoms with Gasteiger partial charge in [0.15, 0.2) is 0 Å². The molecule has 0 amide bonds. The van der Waals surface area contributed by atoms with Crippen LogP contribution in [0.25, 0.3) is 10.9 Å². The molecule has 2 rings (SSSR count). The Labute approximate surface area is 84.6 Å². The molecule has 1 N–H and O–H groups in total. The van der Waals surface area contributed by atoms with Crippen LogP contribution in [0.3, 0.4) is 0 Å². The minimum absolute atomic E-state index is 0.280. The molecule has 0 saturated carbocycles. The molecule has 4 nitrogen and oxygen atoms in total. The summed E-state index contributed by atoms with van der Waals surface area (Å²) in [4.78, 5) is 13.5. The predicted molar refractivity (Wildman–Crippen MR) is 52.9 cm³/mol. The van der Waals surface area contributed by atoms with Crippen LogP contribution in [-0.4, -0.2) is 16.3 Å². The van der Waals surface area contributed by atoms with Gasteiger partial charge in [-0.1, -0.05) is 23.7 Å². The van der Waals surface area contributed by atoms with Crippen molar-refractivity contribution in [3.8, 4) is 0 Å². The summed E-state index contributed by atoms with van der Waals surface area (Å²) in [5.41, 5.74) is 1.60. The molecule has 14 heavy (non-hydrogen) atoms. The molecule has 0 radical (unpaired) electrons. The van der Waals surface area contributed by atoms with E-state index in [0.717, 1.165) is 16.5 Å². The fourth-order valence-corrected chi connectivity index (χ4v) is 1.51. The Balaban J connectivity index is 2.59. The number of nitrogens with one attached hydrogen (secondary N) is 1. The maximum atomic E-state index is 9.97. The molecule has 0 unspecified atom stereocenters. The number of para-hydroxylation sites is 1. The number of nitrogens with zero attached hydrogens (tertiary/aromatic N) is 2. The summed E-state index contributed by atoms with van der Waals surface area (Å²) in [5, 5.41) is 8.03. The minimum atomic E-state index is 0.280. The third-order valence-electron chi connectivity index (χ3n) is 1.94. The van der Waals surface area contributed by atoms with Crippen LogP contribution >= 0.6 is 11.6 Å². The lowest BCUT2D eigenvalue weighted by Crippen LogP contribution is -1.83. The molecule has 2 aromatic rings. The van der Waals surface area contributed by atoms with Gasteiger partial charge in [0.1, 0.15) is 5.15 Å². The van der Waals surface area contributed by atoms with E-state index < -0.39 is 0 Å². The van der Waals surface area contributed by atoms with E-state index in [2.05, 4.69) is 15.2 Å². The third kappa shape index (κ3) is 1.41. The van der Waals surface area contributed by atoms with Gasteiger partial charge in [0.05, 0.1) is 12.1 Å². The molecule has 5 heteroatoms. The van der Waals surface area contributed by atoms with Gasteiger partial charge >= 0.3 is 0 Å². The number of rotatable bonds is 2. The van der Waals surface area contributed by atoms with Crippen molar-refractivity contribution in [1.29, 1.82) is 0 Å². The standard InChI is InChI=1S/C9H6ClN3O/c10-9-7-3-1-2-6(4-11-5-14)8(7)12-13-9/h1-3H,4H2,(H,12,13). The Hall–Kier alpha value is -1.64. The smallest absolute Gasteiger partial charge is 0.235 e. The van der Waals surface area contributed by atoms with E-state index in [9.17, 15) is 4.79 Å². The maximum Gasteiger partial charge on any atom is 0.235 e.